The summed E-state index contributed by atoms with van der Waals surface area (Å²) >= 11 is 0. The predicted octanol–water partition coefficient (Wildman–Crippen LogP) is 2.03. The van der Waals surface area contributed by atoms with Crippen molar-refractivity contribution >= 4 is 5.84 Å². The maximum absolute atomic E-state index is 5.49. The average molecular weight is 327 g/mol. The summed E-state index contributed by atoms with van der Waals surface area (Å²) in [5, 5.41) is 0. The number of rotatable bonds is 5. The van der Waals surface area contributed by atoms with Crippen molar-refractivity contribution in [2.45, 2.75) is 32.2 Å². The quantitative estimate of drug-likeness (QED) is 0.910. The number of pyridine rings is 1. The van der Waals surface area contributed by atoms with Gasteiger partial charge in [0.15, 0.2) is 5.84 Å². The van der Waals surface area contributed by atoms with Gasteiger partial charge in [0, 0.05) is 6.20 Å². The van der Waals surface area contributed by atoms with E-state index in [1.54, 1.807) is 13.4 Å². The van der Waals surface area contributed by atoms with E-state index in [-0.39, 0.29) is 6.04 Å². The molecule has 1 aliphatic heterocycles. The average Bonchev–Trinajstić information content (AvgIpc) is 3.32. The van der Waals surface area contributed by atoms with Crippen molar-refractivity contribution in [2.75, 3.05) is 13.7 Å². The molecule has 3 heterocycles. The van der Waals surface area contributed by atoms with Gasteiger partial charge in [-0.1, -0.05) is 12.8 Å². The van der Waals surface area contributed by atoms with Gasteiger partial charge in [-0.25, -0.2) is 15.4 Å². The molecule has 126 valence electrons. The number of nitrogens with zero attached hydrogens (tertiary/aromatic N) is 4. The van der Waals surface area contributed by atoms with Gasteiger partial charge in [-0.05, 0) is 31.4 Å². The third kappa shape index (κ3) is 3.12. The summed E-state index contributed by atoms with van der Waals surface area (Å²) in [6, 6.07) is 4.08. The molecule has 7 nitrogen and oxygen atoms in total. The van der Waals surface area contributed by atoms with Crippen molar-refractivity contribution in [1.29, 1.82) is 0 Å². The van der Waals surface area contributed by atoms with Gasteiger partial charge in [-0.2, -0.15) is 0 Å². The Bertz CT molecular complexity index is 766. The Hall–Kier alpha value is -2.41. The normalized spacial score (nSPS) is 20.4. The largest absolute Gasteiger partial charge is 0.479 e. The number of hydroxylamine groups is 1. The molecular formula is C17H21N5O2. The first-order valence-electron chi connectivity index (χ1n) is 8.25. The summed E-state index contributed by atoms with van der Waals surface area (Å²) < 4.78 is 7.35. The van der Waals surface area contributed by atoms with Crippen LogP contribution in [-0.2, 0) is 4.84 Å². The number of nitrogens with one attached hydrogen (secondary N) is 1. The number of ether oxygens (including phenoxy) is 1. The zero-order chi connectivity index (χ0) is 16.5. The Morgan fingerprint density at radius 2 is 2.25 bits per heavy atom. The SMILES string of the molecule is COc1nc(C2=NC(CC3CC3)CON2)ccc1-n1cnc(C)c1. The van der Waals surface area contributed by atoms with Gasteiger partial charge in [0.05, 0.1) is 31.8 Å². The molecule has 0 aromatic carbocycles. The molecular weight excluding hydrogens is 306 g/mol. The highest BCUT2D eigenvalue weighted by Crippen LogP contribution is 2.34. The second-order valence-electron chi connectivity index (χ2n) is 6.37. The first kappa shape index (κ1) is 15.1. The number of hydrogen-bond donors (Lipinski definition) is 1. The fraction of sp³-hybridized carbons (Fsp3) is 0.471. The topological polar surface area (TPSA) is 73.6 Å². The van der Waals surface area contributed by atoms with Crippen LogP contribution in [0.4, 0.5) is 0 Å². The second-order valence-corrected chi connectivity index (χ2v) is 6.37. The molecule has 7 heteroatoms. The Morgan fingerprint density at radius 3 is 2.96 bits per heavy atom. The van der Waals surface area contributed by atoms with Crippen LogP contribution in [0.15, 0.2) is 29.6 Å². The second kappa shape index (κ2) is 6.24. The van der Waals surface area contributed by atoms with Crippen molar-refractivity contribution < 1.29 is 9.57 Å². The van der Waals surface area contributed by atoms with Crippen LogP contribution in [0.3, 0.4) is 0 Å². The zero-order valence-electron chi connectivity index (χ0n) is 13.9. The lowest BCUT2D eigenvalue weighted by Crippen LogP contribution is -2.36. The van der Waals surface area contributed by atoms with Crippen LogP contribution in [0.25, 0.3) is 5.69 Å². The van der Waals surface area contributed by atoms with Crippen LogP contribution in [0, 0.1) is 12.8 Å². The molecule has 2 aromatic heterocycles. The molecule has 2 aliphatic rings. The summed E-state index contributed by atoms with van der Waals surface area (Å²) in [5.41, 5.74) is 5.38. The third-order valence-corrected chi connectivity index (χ3v) is 4.32. The monoisotopic (exact) mass is 327 g/mol. The molecule has 1 aliphatic carbocycles. The van der Waals surface area contributed by atoms with Crippen molar-refractivity contribution in [2.24, 2.45) is 10.9 Å². The van der Waals surface area contributed by atoms with E-state index in [0.29, 0.717) is 24.0 Å². The minimum absolute atomic E-state index is 0.206. The molecule has 0 amide bonds. The van der Waals surface area contributed by atoms with E-state index in [9.17, 15) is 0 Å². The Balaban J connectivity index is 1.62. The lowest BCUT2D eigenvalue weighted by atomic mass is 10.1. The number of hydrogen-bond acceptors (Lipinski definition) is 6. The predicted molar refractivity (Wildman–Crippen MR) is 89.4 cm³/mol. The summed E-state index contributed by atoms with van der Waals surface area (Å²) in [7, 11) is 1.61. The third-order valence-electron chi connectivity index (χ3n) is 4.32. The molecule has 0 saturated heterocycles. The van der Waals surface area contributed by atoms with Gasteiger partial charge < -0.3 is 9.30 Å². The van der Waals surface area contributed by atoms with Gasteiger partial charge in [-0.15, -0.1) is 0 Å². The molecule has 1 atom stereocenters. The Labute approximate surface area is 140 Å². The maximum atomic E-state index is 5.49. The molecule has 0 bridgehead atoms. The molecule has 2 aromatic rings. The van der Waals surface area contributed by atoms with Gasteiger partial charge in [-0.3, -0.25) is 9.83 Å². The highest BCUT2D eigenvalue weighted by Gasteiger charge is 2.28. The number of aryl methyl sites for hydroxylation is 1. The summed E-state index contributed by atoms with van der Waals surface area (Å²) in [6.07, 6.45) is 7.42. The smallest absolute Gasteiger partial charge is 0.238 e. The van der Waals surface area contributed by atoms with E-state index in [0.717, 1.165) is 23.7 Å². The molecule has 1 N–H and O–H groups in total. The van der Waals surface area contributed by atoms with Crippen LogP contribution in [-0.4, -0.2) is 40.1 Å². The fourth-order valence-corrected chi connectivity index (χ4v) is 2.89. The van der Waals surface area contributed by atoms with Gasteiger partial charge >= 0.3 is 0 Å². The minimum Gasteiger partial charge on any atom is -0.479 e. The number of imidazole rings is 1. The van der Waals surface area contributed by atoms with Gasteiger partial charge in [0.2, 0.25) is 5.88 Å². The maximum Gasteiger partial charge on any atom is 0.238 e. The molecule has 0 radical (unpaired) electrons. The Kier molecular flexibility index (Phi) is 3.93. The number of amidine groups is 1. The molecule has 4 rings (SSSR count). The van der Waals surface area contributed by atoms with Crippen molar-refractivity contribution in [3.05, 3.63) is 36.0 Å². The molecule has 1 unspecified atom stereocenters. The van der Waals surface area contributed by atoms with E-state index in [1.807, 2.05) is 29.8 Å². The van der Waals surface area contributed by atoms with E-state index in [1.165, 1.54) is 12.8 Å². The Morgan fingerprint density at radius 1 is 1.38 bits per heavy atom. The molecule has 24 heavy (non-hydrogen) atoms. The number of methoxy groups -OCH3 is 1. The standard InChI is InChI=1S/C17H21N5O2/c1-11-8-22(10-18-11)15-6-5-14(20-17(15)23-2)16-19-13(9-24-21-16)7-12-3-4-12/h5-6,8,10,12-13H,3-4,7,9H2,1-2H3,(H,19,21). The van der Waals surface area contributed by atoms with Crippen LogP contribution >= 0.6 is 0 Å². The summed E-state index contributed by atoms with van der Waals surface area (Å²) in [6.45, 7) is 2.56. The number of aliphatic imine (C=N–C) groups is 1. The van der Waals surface area contributed by atoms with E-state index < -0.39 is 0 Å². The van der Waals surface area contributed by atoms with Crippen LogP contribution in [0.2, 0.25) is 0 Å². The first-order chi connectivity index (χ1) is 11.7. The lowest BCUT2D eigenvalue weighted by Gasteiger charge is -2.21. The van der Waals surface area contributed by atoms with Gasteiger partial charge in [0.25, 0.3) is 0 Å². The first-order valence-corrected chi connectivity index (χ1v) is 8.25. The van der Waals surface area contributed by atoms with Crippen molar-refractivity contribution in [1.82, 2.24) is 20.0 Å². The van der Waals surface area contributed by atoms with Crippen molar-refractivity contribution in [3.8, 4) is 11.6 Å². The molecule has 1 saturated carbocycles. The number of aromatic nitrogens is 3. The van der Waals surface area contributed by atoms with E-state index in [2.05, 4.69) is 15.4 Å². The molecule has 0 spiro atoms. The highest BCUT2D eigenvalue weighted by atomic mass is 16.6. The minimum atomic E-state index is 0.206. The lowest BCUT2D eigenvalue weighted by molar-refractivity contribution is 0.0594. The van der Waals surface area contributed by atoms with E-state index in [4.69, 9.17) is 14.6 Å². The summed E-state index contributed by atoms with van der Waals surface area (Å²) in [5.74, 6) is 2.01. The fourth-order valence-electron chi connectivity index (χ4n) is 2.89. The zero-order valence-corrected chi connectivity index (χ0v) is 13.9. The van der Waals surface area contributed by atoms with Crippen molar-refractivity contribution in [3.63, 3.8) is 0 Å². The van der Waals surface area contributed by atoms with E-state index >= 15 is 0 Å². The van der Waals surface area contributed by atoms with Crippen LogP contribution in [0.5, 0.6) is 5.88 Å². The van der Waals surface area contributed by atoms with Crippen LogP contribution < -0.4 is 10.2 Å². The highest BCUT2D eigenvalue weighted by molar-refractivity contribution is 5.97. The van der Waals surface area contributed by atoms with Crippen LogP contribution in [0.1, 0.15) is 30.7 Å². The summed E-state index contributed by atoms with van der Waals surface area (Å²) in [4.78, 5) is 19.1. The van der Waals surface area contributed by atoms with Gasteiger partial charge in [0.1, 0.15) is 11.4 Å². The molecule has 1 fully saturated rings.